The first-order valence-electron chi connectivity index (χ1n) is 5.97. The van der Waals surface area contributed by atoms with Gasteiger partial charge in [0.1, 0.15) is 0 Å². The van der Waals surface area contributed by atoms with Crippen molar-refractivity contribution in [2.45, 2.75) is 24.3 Å². The third-order valence-electron chi connectivity index (χ3n) is 2.57. The van der Waals surface area contributed by atoms with Crippen LogP contribution in [-0.4, -0.2) is 45.5 Å². The molecule has 0 aliphatic heterocycles. The minimum atomic E-state index is -3.40. The lowest BCUT2D eigenvalue weighted by molar-refractivity contribution is 0.394. The maximum atomic E-state index is 11.9. The highest BCUT2D eigenvalue weighted by molar-refractivity contribution is 7.89. The topological polar surface area (TPSA) is 91.2 Å². The molecule has 6 nitrogen and oxygen atoms in total. The summed E-state index contributed by atoms with van der Waals surface area (Å²) in [6, 6.07) is 1.56. The molecule has 4 N–H and O–H groups in total. The van der Waals surface area contributed by atoms with Crippen LogP contribution in [-0.2, 0) is 16.6 Å². The first-order chi connectivity index (χ1) is 8.45. The molecular formula is C11H22N4O2S. The smallest absolute Gasteiger partial charge is 0.242 e. The van der Waals surface area contributed by atoms with Crippen LogP contribution in [0.15, 0.2) is 17.2 Å². The van der Waals surface area contributed by atoms with E-state index in [2.05, 4.69) is 14.6 Å². The molecule has 7 heteroatoms. The van der Waals surface area contributed by atoms with Gasteiger partial charge in [0.25, 0.3) is 0 Å². The van der Waals surface area contributed by atoms with Crippen molar-refractivity contribution in [1.82, 2.24) is 14.6 Å². The van der Waals surface area contributed by atoms with Gasteiger partial charge in [0, 0.05) is 25.0 Å². The summed E-state index contributed by atoms with van der Waals surface area (Å²) < 4.78 is 26.3. The van der Waals surface area contributed by atoms with Gasteiger partial charge in [-0.3, -0.25) is 0 Å². The Balaban J connectivity index is 2.40. The molecule has 0 fully saturated rings. The number of aromatic nitrogens is 1. The first kappa shape index (κ1) is 15.2. The number of nitrogens with zero attached hydrogens (tertiary/aromatic N) is 1. The van der Waals surface area contributed by atoms with Crippen LogP contribution >= 0.6 is 0 Å². The molecule has 0 radical (unpaired) electrons. The number of nitrogens with two attached hydrogens (primary N) is 1. The molecule has 104 valence electrons. The van der Waals surface area contributed by atoms with Gasteiger partial charge in [-0.15, -0.1) is 0 Å². The summed E-state index contributed by atoms with van der Waals surface area (Å²) in [4.78, 5) is 5.15. The van der Waals surface area contributed by atoms with E-state index in [9.17, 15) is 8.42 Å². The van der Waals surface area contributed by atoms with E-state index in [1.165, 1.54) is 6.20 Å². The Bertz CT molecular complexity index is 453. The number of H-pyrrole nitrogens is 1. The van der Waals surface area contributed by atoms with Crippen LogP contribution in [0.2, 0.25) is 0 Å². The molecule has 0 saturated heterocycles. The Morgan fingerprint density at radius 1 is 1.39 bits per heavy atom. The summed E-state index contributed by atoms with van der Waals surface area (Å²) in [6.07, 6.45) is 3.26. The van der Waals surface area contributed by atoms with Gasteiger partial charge in [-0.25, -0.2) is 13.1 Å². The fourth-order valence-corrected chi connectivity index (χ4v) is 2.63. The third kappa shape index (κ3) is 4.77. The molecule has 0 saturated carbocycles. The second-order valence-electron chi connectivity index (χ2n) is 4.47. The highest BCUT2D eigenvalue weighted by Crippen LogP contribution is 2.10. The van der Waals surface area contributed by atoms with Gasteiger partial charge in [0.05, 0.1) is 4.90 Å². The van der Waals surface area contributed by atoms with Crippen molar-refractivity contribution < 1.29 is 8.42 Å². The zero-order chi connectivity index (χ0) is 13.6. The molecule has 1 rings (SSSR count). The monoisotopic (exact) mass is 274 g/mol. The minimum absolute atomic E-state index is 0.246. The molecule has 1 aromatic heterocycles. The van der Waals surface area contributed by atoms with Gasteiger partial charge in [-0.1, -0.05) is 0 Å². The van der Waals surface area contributed by atoms with Crippen molar-refractivity contribution in [3.63, 3.8) is 0 Å². The van der Waals surface area contributed by atoms with Gasteiger partial charge < -0.3 is 15.6 Å². The largest absolute Gasteiger partial charge is 0.363 e. The van der Waals surface area contributed by atoms with Crippen LogP contribution in [0.5, 0.6) is 0 Å². The second kappa shape index (κ2) is 6.89. The molecule has 0 unspecified atom stereocenters. The van der Waals surface area contributed by atoms with Crippen molar-refractivity contribution in [3.05, 3.63) is 18.0 Å². The quantitative estimate of drug-likeness (QED) is 0.586. The summed E-state index contributed by atoms with van der Waals surface area (Å²) in [5.41, 5.74) is 6.13. The van der Waals surface area contributed by atoms with Crippen LogP contribution in [0.4, 0.5) is 0 Å². The number of rotatable bonds is 8. The Hall–Kier alpha value is -0.890. The molecule has 18 heavy (non-hydrogen) atoms. The predicted octanol–water partition coefficient (Wildman–Crippen LogP) is 0.0935. The number of hydrogen-bond donors (Lipinski definition) is 3. The summed E-state index contributed by atoms with van der Waals surface area (Å²) in [5, 5.41) is 0. The van der Waals surface area contributed by atoms with Crippen LogP contribution in [0.25, 0.3) is 0 Å². The van der Waals surface area contributed by atoms with Crippen molar-refractivity contribution in [2.24, 2.45) is 5.73 Å². The Morgan fingerprint density at radius 3 is 2.67 bits per heavy atom. The Kier molecular flexibility index (Phi) is 5.80. The number of nitrogens with one attached hydrogen (secondary N) is 2. The van der Waals surface area contributed by atoms with Crippen molar-refractivity contribution in [2.75, 3.05) is 27.2 Å². The molecule has 1 aromatic rings. The number of sulfonamides is 1. The molecule has 0 spiro atoms. The molecule has 0 bridgehead atoms. The molecule has 0 amide bonds. The van der Waals surface area contributed by atoms with E-state index >= 15 is 0 Å². The van der Waals surface area contributed by atoms with Crippen LogP contribution in [0, 0.1) is 0 Å². The average Bonchev–Trinajstić information content (AvgIpc) is 2.77. The summed E-state index contributed by atoms with van der Waals surface area (Å²) in [7, 11) is 0.596. The summed E-state index contributed by atoms with van der Waals surface area (Å²) in [6.45, 7) is 1.72. The molecule has 0 aromatic carbocycles. The Morgan fingerprint density at radius 2 is 2.11 bits per heavy atom. The predicted molar refractivity (Wildman–Crippen MR) is 71.7 cm³/mol. The van der Waals surface area contributed by atoms with E-state index in [0.29, 0.717) is 18.8 Å². The van der Waals surface area contributed by atoms with Crippen LogP contribution in [0.1, 0.15) is 18.5 Å². The van der Waals surface area contributed by atoms with E-state index < -0.39 is 10.0 Å². The lowest BCUT2D eigenvalue weighted by atomic mass is 10.3. The molecule has 0 aliphatic carbocycles. The zero-order valence-electron chi connectivity index (χ0n) is 10.9. The maximum absolute atomic E-state index is 11.9. The van der Waals surface area contributed by atoms with E-state index in [1.807, 2.05) is 14.1 Å². The SMILES string of the molecule is CN(C)CCCCNS(=O)(=O)c1c[nH]c(CN)c1. The van der Waals surface area contributed by atoms with E-state index in [-0.39, 0.29) is 4.90 Å². The fraction of sp³-hybridized carbons (Fsp3) is 0.636. The average molecular weight is 274 g/mol. The zero-order valence-corrected chi connectivity index (χ0v) is 11.8. The van der Waals surface area contributed by atoms with Gasteiger partial charge in [-0.05, 0) is 39.5 Å². The molecular weight excluding hydrogens is 252 g/mol. The second-order valence-corrected chi connectivity index (χ2v) is 6.24. The maximum Gasteiger partial charge on any atom is 0.242 e. The van der Waals surface area contributed by atoms with E-state index in [1.54, 1.807) is 6.07 Å². The number of unbranched alkanes of at least 4 members (excludes halogenated alkanes) is 1. The van der Waals surface area contributed by atoms with Gasteiger partial charge >= 0.3 is 0 Å². The summed E-state index contributed by atoms with van der Waals surface area (Å²) >= 11 is 0. The minimum Gasteiger partial charge on any atom is -0.363 e. The van der Waals surface area contributed by atoms with Gasteiger partial charge in [-0.2, -0.15) is 0 Å². The van der Waals surface area contributed by atoms with Crippen molar-refractivity contribution in [3.8, 4) is 0 Å². The van der Waals surface area contributed by atoms with Crippen molar-refractivity contribution >= 4 is 10.0 Å². The Labute approximate surface area is 109 Å². The lowest BCUT2D eigenvalue weighted by Crippen LogP contribution is -2.25. The molecule has 0 atom stereocenters. The van der Waals surface area contributed by atoms with Crippen LogP contribution in [0.3, 0.4) is 0 Å². The fourth-order valence-electron chi connectivity index (χ4n) is 1.53. The standard InChI is InChI=1S/C11H22N4O2S/c1-15(2)6-4-3-5-14-18(16,17)11-7-10(8-12)13-9-11/h7,9,13-14H,3-6,8,12H2,1-2H3. The van der Waals surface area contributed by atoms with Gasteiger partial charge in [0.15, 0.2) is 0 Å². The van der Waals surface area contributed by atoms with Crippen molar-refractivity contribution in [1.29, 1.82) is 0 Å². The van der Waals surface area contributed by atoms with E-state index in [0.717, 1.165) is 19.4 Å². The first-order valence-corrected chi connectivity index (χ1v) is 7.46. The van der Waals surface area contributed by atoms with Gasteiger partial charge in [0.2, 0.25) is 10.0 Å². The third-order valence-corrected chi connectivity index (χ3v) is 4.01. The van der Waals surface area contributed by atoms with Crippen LogP contribution < -0.4 is 10.5 Å². The number of hydrogen-bond acceptors (Lipinski definition) is 4. The lowest BCUT2D eigenvalue weighted by Gasteiger charge is -2.09. The highest BCUT2D eigenvalue weighted by atomic mass is 32.2. The molecule has 0 aliphatic rings. The summed E-state index contributed by atoms with van der Waals surface area (Å²) in [5.74, 6) is 0. The molecule has 1 heterocycles. The normalized spacial score (nSPS) is 12.2. The number of aromatic amines is 1. The highest BCUT2D eigenvalue weighted by Gasteiger charge is 2.14. The van der Waals surface area contributed by atoms with E-state index in [4.69, 9.17) is 5.73 Å².